The molecule has 438 valence electrons. The number of esters is 4. The van der Waals surface area contributed by atoms with Crippen molar-refractivity contribution in [3.63, 3.8) is 0 Å². The molecule has 17 heteroatoms. The van der Waals surface area contributed by atoms with E-state index in [1.807, 2.05) is 159 Å². The fourth-order valence-corrected chi connectivity index (χ4v) is 4.36. The van der Waals surface area contributed by atoms with Crippen molar-refractivity contribution in [2.45, 2.75) is 236 Å². The van der Waals surface area contributed by atoms with Gasteiger partial charge in [0.1, 0.15) is 29.9 Å². The Kier molecular flexibility index (Phi) is 39.4. The zero-order valence-corrected chi connectivity index (χ0v) is 51.8. The molecule has 0 radical (unpaired) electrons. The van der Waals surface area contributed by atoms with Crippen molar-refractivity contribution < 1.29 is 71.5 Å². The minimum Gasteiger partial charge on any atom is -0.465 e. The lowest BCUT2D eigenvalue weighted by atomic mass is 9.98. The van der Waals surface area contributed by atoms with E-state index in [-0.39, 0.29) is 57.5 Å². The standard InChI is InChI=1S/C16H31NO4.C15H27NO4.C10H20O3.C9H18O2.C7H14O2/c1-11(2)9-12(13(18)20-10-15(3,4)5)17-14(19)21-16(6,7)8;1-7-8-19-14(18)16-12(9-11(2)3)13(17)20-10-15(4,5)6;1-9(2,3)7-12-8(11)13-10(4,5)6;1-5-6-8(10)11-7-9(2,3)4;1-6(8)9-5-7(2,3)4/h11-12H,9-10H2,1-8H3,(H,17,19);7,11-12H,1,8-10H2,2-6H3,(H,16,18);7H2,1-6H3;5-7H2,1-4H3;5H2,1-4H3. The number of amides is 2. The van der Waals surface area contributed by atoms with E-state index in [0.717, 1.165) is 6.42 Å². The molecular weight excluding hydrogens is 953 g/mol. The molecule has 0 saturated heterocycles. The molecule has 0 aromatic rings. The summed E-state index contributed by atoms with van der Waals surface area (Å²) in [5.41, 5.74) is -1.13. The van der Waals surface area contributed by atoms with Crippen molar-refractivity contribution in [2.24, 2.45) is 38.9 Å². The maximum Gasteiger partial charge on any atom is 0.508 e. The Morgan fingerprint density at radius 1 is 0.459 bits per heavy atom. The van der Waals surface area contributed by atoms with E-state index < -0.39 is 53.6 Å². The van der Waals surface area contributed by atoms with Crippen molar-refractivity contribution in [1.82, 2.24) is 10.6 Å². The van der Waals surface area contributed by atoms with Crippen molar-refractivity contribution in [3.8, 4) is 0 Å². The molecule has 2 atom stereocenters. The quantitative estimate of drug-likeness (QED) is 0.0786. The van der Waals surface area contributed by atoms with Gasteiger partial charge in [-0.05, 0) is 99.7 Å². The zero-order valence-electron chi connectivity index (χ0n) is 51.8. The van der Waals surface area contributed by atoms with Crippen LogP contribution in [-0.2, 0) is 57.1 Å². The normalized spacial score (nSPS) is 12.6. The van der Waals surface area contributed by atoms with E-state index in [1.165, 1.54) is 13.0 Å². The molecule has 2 unspecified atom stereocenters. The van der Waals surface area contributed by atoms with Gasteiger partial charge in [0.2, 0.25) is 0 Å². The van der Waals surface area contributed by atoms with Gasteiger partial charge < -0.3 is 48.5 Å². The van der Waals surface area contributed by atoms with Crippen LogP contribution in [0.15, 0.2) is 12.7 Å². The number of nitrogens with one attached hydrogen (secondary N) is 2. The molecular formula is C57H110N2O15. The smallest absolute Gasteiger partial charge is 0.465 e. The second-order valence-electron chi connectivity index (χ2n) is 27.0. The van der Waals surface area contributed by atoms with E-state index in [0.29, 0.717) is 52.3 Å². The van der Waals surface area contributed by atoms with Crippen molar-refractivity contribution >= 4 is 42.2 Å². The van der Waals surface area contributed by atoms with Crippen LogP contribution in [-0.4, -0.2) is 105 Å². The molecule has 0 aromatic heterocycles. The van der Waals surface area contributed by atoms with Gasteiger partial charge >= 0.3 is 42.2 Å². The van der Waals surface area contributed by atoms with Crippen LogP contribution in [0.3, 0.4) is 0 Å². The van der Waals surface area contributed by atoms with Crippen LogP contribution in [0, 0.1) is 38.9 Å². The molecule has 0 aliphatic rings. The minimum absolute atomic E-state index is 0.0170. The lowest BCUT2D eigenvalue weighted by molar-refractivity contribution is -0.150. The average Bonchev–Trinajstić information content (AvgIpc) is 3.16. The van der Waals surface area contributed by atoms with E-state index in [4.69, 9.17) is 37.9 Å². The number of carbonyl (C=O) groups excluding carboxylic acids is 7. The third-order valence-corrected chi connectivity index (χ3v) is 7.43. The molecule has 0 bridgehead atoms. The van der Waals surface area contributed by atoms with Gasteiger partial charge in [-0.15, -0.1) is 0 Å². The first-order valence-electron chi connectivity index (χ1n) is 25.9. The number of alkyl carbamates (subject to hydrolysis) is 2. The summed E-state index contributed by atoms with van der Waals surface area (Å²) in [6.45, 7) is 57.8. The van der Waals surface area contributed by atoms with Crippen LogP contribution in [0.1, 0.15) is 213 Å². The molecule has 0 aromatic carbocycles. The highest BCUT2D eigenvalue weighted by Crippen LogP contribution is 2.19. The second-order valence-corrected chi connectivity index (χ2v) is 27.0. The molecule has 0 saturated carbocycles. The fraction of sp³-hybridized carbons (Fsp3) is 0.842. The van der Waals surface area contributed by atoms with Gasteiger partial charge in [0, 0.05) is 13.3 Å². The van der Waals surface area contributed by atoms with E-state index in [2.05, 4.69) is 17.2 Å². The van der Waals surface area contributed by atoms with E-state index in [9.17, 15) is 33.6 Å². The summed E-state index contributed by atoms with van der Waals surface area (Å²) in [6, 6.07) is -1.36. The first kappa shape index (κ1) is 78.3. The van der Waals surface area contributed by atoms with Gasteiger partial charge in [-0.3, -0.25) is 9.59 Å². The number of ether oxygens (including phenoxy) is 8. The Morgan fingerprint density at radius 3 is 1.07 bits per heavy atom. The highest BCUT2D eigenvalue weighted by molar-refractivity contribution is 5.82. The number of rotatable bonds is 17. The lowest BCUT2D eigenvalue weighted by Gasteiger charge is -2.25. The molecule has 0 aliphatic heterocycles. The SMILES string of the molecule is C=CCOC(=O)NC(CC(C)C)C(=O)OCC(C)(C)C.CC(=O)OCC(C)(C)C.CC(C)(C)COC(=O)OC(C)(C)C.CC(C)CC(NC(=O)OC(C)(C)C)C(=O)OCC(C)(C)C.CCCC(=O)OCC(C)(C)C. The molecule has 17 nitrogen and oxygen atoms in total. The van der Waals surface area contributed by atoms with Crippen LogP contribution in [0.4, 0.5) is 14.4 Å². The predicted molar refractivity (Wildman–Crippen MR) is 294 cm³/mol. The third-order valence-electron chi connectivity index (χ3n) is 7.43. The number of hydrogen-bond acceptors (Lipinski definition) is 15. The summed E-state index contributed by atoms with van der Waals surface area (Å²) >= 11 is 0. The van der Waals surface area contributed by atoms with Crippen molar-refractivity contribution in [1.29, 1.82) is 0 Å². The summed E-state index contributed by atoms with van der Waals surface area (Å²) in [4.78, 5) is 79.7. The first-order chi connectivity index (χ1) is 32.9. The van der Waals surface area contributed by atoms with Gasteiger partial charge in [0.05, 0.1) is 33.0 Å². The summed E-state index contributed by atoms with van der Waals surface area (Å²) in [6.07, 6.45) is 2.06. The number of carbonyl (C=O) groups is 7. The first-order valence-corrected chi connectivity index (χ1v) is 25.9. The fourth-order valence-electron chi connectivity index (χ4n) is 4.36. The molecule has 0 rings (SSSR count). The minimum atomic E-state index is -0.685. The van der Waals surface area contributed by atoms with Gasteiger partial charge in [0.15, 0.2) is 0 Å². The zero-order chi connectivity index (χ0) is 59.7. The maximum absolute atomic E-state index is 12.1. The maximum atomic E-state index is 12.1. The molecule has 2 N–H and O–H groups in total. The Morgan fingerprint density at radius 2 is 0.784 bits per heavy atom. The Bertz CT molecular complexity index is 1610. The molecule has 0 aliphatic carbocycles. The third kappa shape index (κ3) is 67.4. The molecule has 0 fully saturated rings. The van der Waals surface area contributed by atoms with Crippen molar-refractivity contribution in [2.75, 3.05) is 39.6 Å². The van der Waals surface area contributed by atoms with Crippen LogP contribution >= 0.6 is 0 Å². The highest BCUT2D eigenvalue weighted by Gasteiger charge is 2.28. The summed E-state index contributed by atoms with van der Waals surface area (Å²) in [5, 5.41) is 5.14. The van der Waals surface area contributed by atoms with Crippen LogP contribution in [0.2, 0.25) is 0 Å². The van der Waals surface area contributed by atoms with E-state index >= 15 is 0 Å². The largest absolute Gasteiger partial charge is 0.508 e. The monoisotopic (exact) mass is 1060 g/mol. The van der Waals surface area contributed by atoms with Crippen LogP contribution < -0.4 is 10.6 Å². The van der Waals surface area contributed by atoms with Crippen LogP contribution in [0.5, 0.6) is 0 Å². The Hall–Kier alpha value is -4.57. The van der Waals surface area contributed by atoms with Gasteiger partial charge in [-0.25, -0.2) is 24.0 Å². The van der Waals surface area contributed by atoms with Gasteiger partial charge in [0.25, 0.3) is 0 Å². The van der Waals surface area contributed by atoms with Crippen LogP contribution in [0.25, 0.3) is 0 Å². The molecule has 2 amide bonds. The predicted octanol–water partition coefficient (Wildman–Crippen LogP) is 13.4. The summed E-state index contributed by atoms with van der Waals surface area (Å²) in [5.74, 6) is -0.616. The van der Waals surface area contributed by atoms with Gasteiger partial charge in [-0.2, -0.15) is 0 Å². The molecule has 0 spiro atoms. The lowest BCUT2D eigenvalue weighted by Crippen LogP contribution is -2.45. The Balaban J connectivity index is -0.000000278. The molecule has 74 heavy (non-hydrogen) atoms. The highest BCUT2D eigenvalue weighted by atomic mass is 16.7. The van der Waals surface area contributed by atoms with Gasteiger partial charge in [-0.1, -0.05) is 151 Å². The Labute approximate surface area is 450 Å². The topological polar surface area (TPSA) is 217 Å². The van der Waals surface area contributed by atoms with E-state index in [1.54, 1.807) is 20.8 Å². The summed E-state index contributed by atoms with van der Waals surface area (Å²) in [7, 11) is 0. The average molecular weight is 1060 g/mol. The van der Waals surface area contributed by atoms with Crippen molar-refractivity contribution in [3.05, 3.63) is 12.7 Å². The summed E-state index contributed by atoms with van der Waals surface area (Å²) < 4.78 is 40.2. The number of hydrogen-bond donors (Lipinski definition) is 2. The second kappa shape index (κ2) is 37.2. The molecule has 0 heterocycles.